The van der Waals surface area contributed by atoms with Gasteiger partial charge in [-0.3, -0.25) is 0 Å². The first-order chi connectivity index (χ1) is 26.2. The number of hydrogen-bond acceptors (Lipinski definition) is 3. The van der Waals surface area contributed by atoms with Gasteiger partial charge in [-0.1, -0.05) is 170 Å². The summed E-state index contributed by atoms with van der Waals surface area (Å²) in [6, 6.07) is 67.9. The molecule has 53 heavy (non-hydrogen) atoms. The highest BCUT2D eigenvalue weighted by Crippen LogP contribution is 2.39. The molecule has 0 spiro atoms. The van der Waals surface area contributed by atoms with Gasteiger partial charge >= 0.3 is 0 Å². The molecule has 0 atom stereocenters. The average Bonchev–Trinajstić information content (AvgIpc) is 3.62. The van der Waals surface area contributed by atoms with Gasteiger partial charge in [0.2, 0.25) is 0 Å². The molecular formula is C50H32N2O. The van der Waals surface area contributed by atoms with E-state index < -0.39 is 0 Å². The number of aromatic nitrogens is 2. The Bertz CT molecular complexity index is 2910. The van der Waals surface area contributed by atoms with Crippen LogP contribution in [0.2, 0.25) is 0 Å². The molecule has 10 aromatic rings. The second-order valence-electron chi connectivity index (χ2n) is 13.4. The van der Waals surface area contributed by atoms with Gasteiger partial charge in [-0.25, -0.2) is 9.97 Å². The van der Waals surface area contributed by atoms with Gasteiger partial charge in [-0.2, -0.15) is 0 Å². The molecule has 0 saturated carbocycles. The zero-order valence-corrected chi connectivity index (χ0v) is 28.8. The van der Waals surface area contributed by atoms with Gasteiger partial charge in [-0.05, 0) is 68.4 Å². The summed E-state index contributed by atoms with van der Waals surface area (Å²) in [5, 5.41) is 4.55. The highest BCUT2D eigenvalue weighted by molar-refractivity contribution is 6.12. The van der Waals surface area contributed by atoms with Crippen molar-refractivity contribution in [3.8, 4) is 67.3 Å². The minimum absolute atomic E-state index is 0.662. The predicted molar refractivity (Wildman–Crippen MR) is 219 cm³/mol. The molecule has 0 N–H and O–H groups in total. The second kappa shape index (κ2) is 12.9. The maximum Gasteiger partial charge on any atom is 0.161 e. The minimum Gasteiger partial charge on any atom is -0.456 e. The highest BCUT2D eigenvalue weighted by Gasteiger charge is 2.18. The van der Waals surface area contributed by atoms with Crippen molar-refractivity contribution in [2.75, 3.05) is 0 Å². The number of nitrogens with zero attached hydrogens (tertiary/aromatic N) is 2. The van der Waals surface area contributed by atoms with Crippen LogP contribution in [-0.2, 0) is 0 Å². The smallest absolute Gasteiger partial charge is 0.161 e. The lowest BCUT2D eigenvalue weighted by Gasteiger charge is -2.11. The van der Waals surface area contributed by atoms with Gasteiger partial charge in [0.1, 0.15) is 11.2 Å². The van der Waals surface area contributed by atoms with Crippen molar-refractivity contribution < 1.29 is 4.42 Å². The first kappa shape index (κ1) is 30.7. The van der Waals surface area contributed by atoms with Gasteiger partial charge in [0, 0.05) is 27.5 Å². The van der Waals surface area contributed by atoms with Crippen LogP contribution in [0.1, 0.15) is 0 Å². The molecule has 8 aromatic carbocycles. The highest BCUT2D eigenvalue weighted by atomic mass is 16.3. The van der Waals surface area contributed by atoms with E-state index in [9.17, 15) is 0 Å². The second-order valence-corrected chi connectivity index (χ2v) is 13.4. The van der Waals surface area contributed by atoms with E-state index in [1.807, 2.05) is 36.4 Å². The number of fused-ring (bicyclic) bond motifs is 4. The summed E-state index contributed by atoms with van der Waals surface area (Å²) >= 11 is 0. The first-order valence-electron chi connectivity index (χ1n) is 17.9. The maximum atomic E-state index is 6.55. The van der Waals surface area contributed by atoms with Gasteiger partial charge in [0.25, 0.3) is 0 Å². The number of furan rings is 1. The summed E-state index contributed by atoms with van der Waals surface area (Å²) in [6.45, 7) is 0. The van der Waals surface area contributed by atoms with Crippen LogP contribution in [0.5, 0.6) is 0 Å². The Morgan fingerprint density at radius 1 is 0.321 bits per heavy atom. The largest absolute Gasteiger partial charge is 0.456 e. The maximum absolute atomic E-state index is 6.55. The first-order valence-corrected chi connectivity index (χ1v) is 17.9. The third-order valence-corrected chi connectivity index (χ3v) is 10.1. The molecule has 2 heterocycles. The van der Waals surface area contributed by atoms with Crippen LogP contribution in [0, 0.1) is 0 Å². The zero-order valence-electron chi connectivity index (χ0n) is 28.8. The minimum atomic E-state index is 0.662. The fraction of sp³-hybridized carbons (Fsp3) is 0. The van der Waals surface area contributed by atoms with Gasteiger partial charge in [-0.15, -0.1) is 0 Å². The molecule has 10 rings (SSSR count). The van der Waals surface area contributed by atoms with Crippen molar-refractivity contribution >= 4 is 32.7 Å². The molecule has 0 aliphatic carbocycles. The van der Waals surface area contributed by atoms with Gasteiger partial charge in [0.15, 0.2) is 5.82 Å². The third-order valence-electron chi connectivity index (χ3n) is 10.1. The van der Waals surface area contributed by atoms with Gasteiger partial charge < -0.3 is 4.42 Å². The number of hydrogen-bond donors (Lipinski definition) is 0. The fourth-order valence-electron chi connectivity index (χ4n) is 7.45. The van der Waals surface area contributed by atoms with Crippen LogP contribution in [-0.4, -0.2) is 9.97 Å². The Morgan fingerprint density at radius 3 is 1.60 bits per heavy atom. The van der Waals surface area contributed by atoms with E-state index >= 15 is 0 Å². The summed E-state index contributed by atoms with van der Waals surface area (Å²) in [5.41, 5.74) is 13.4. The molecule has 0 amide bonds. The van der Waals surface area contributed by atoms with Crippen molar-refractivity contribution in [1.29, 1.82) is 0 Å². The lowest BCUT2D eigenvalue weighted by atomic mass is 9.96. The molecule has 0 aliphatic heterocycles. The van der Waals surface area contributed by atoms with E-state index in [2.05, 4.69) is 158 Å². The van der Waals surface area contributed by atoms with Crippen LogP contribution >= 0.6 is 0 Å². The van der Waals surface area contributed by atoms with Crippen molar-refractivity contribution in [3.63, 3.8) is 0 Å². The van der Waals surface area contributed by atoms with Crippen LogP contribution in [0.3, 0.4) is 0 Å². The van der Waals surface area contributed by atoms with Crippen LogP contribution in [0.4, 0.5) is 0 Å². The molecule has 0 unspecified atom stereocenters. The van der Waals surface area contributed by atoms with Crippen molar-refractivity contribution in [1.82, 2.24) is 9.97 Å². The quantitative estimate of drug-likeness (QED) is 0.176. The normalized spacial score (nSPS) is 11.4. The Kier molecular flexibility index (Phi) is 7.47. The Hall–Kier alpha value is -7.10. The monoisotopic (exact) mass is 676 g/mol. The molecule has 3 nitrogen and oxygen atoms in total. The van der Waals surface area contributed by atoms with E-state index in [1.165, 1.54) is 33.0 Å². The van der Waals surface area contributed by atoms with Crippen LogP contribution in [0.25, 0.3) is 100.0 Å². The molecule has 0 radical (unpaired) electrons. The van der Waals surface area contributed by atoms with Crippen molar-refractivity contribution in [2.45, 2.75) is 0 Å². The molecule has 248 valence electrons. The molecule has 0 bridgehead atoms. The molecule has 2 aromatic heterocycles. The van der Waals surface area contributed by atoms with E-state index in [4.69, 9.17) is 14.4 Å². The van der Waals surface area contributed by atoms with E-state index in [0.717, 1.165) is 61.1 Å². The molecule has 0 saturated heterocycles. The lowest BCUT2D eigenvalue weighted by Crippen LogP contribution is -1.96. The summed E-state index contributed by atoms with van der Waals surface area (Å²) in [5.74, 6) is 0.662. The average molecular weight is 677 g/mol. The van der Waals surface area contributed by atoms with E-state index in [1.54, 1.807) is 0 Å². The van der Waals surface area contributed by atoms with Crippen molar-refractivity contribution in [2.24, 2.45) is 0 Å². The summed E-state index contributed by atoms with van der Waals surface area (Å²) < 4.78 is 6.55. The van der Waals surface area contributed by atoms with Crippen LogP contribution in [0.15, 0.2) is 199 Å². The predicted octanol–water partition coefficient (Wildman–Crippen LogP) is 13.5. The molecule has 3 heteroatoms. The van der Waals surface area contributed by atoms with E-state index in [-0.39, 0.29) is 0 Å². The molecule has 0 fully saturated rings. The molecular weight excluding hydrogens is 645 g/mol. The number of rotatable bonds is 6. The molecule has 0 aliphatic rings. The van der Waals surface area contributed by atoms with Gasteiger partial charge in [0.05, 0.1) is 11.4 Å². The SMILES string of the molecule is c1ccc(-c2ccc(-c3cc(-c4ccccc4)nc(-c4cccc5oc6cc(-c7ccc(-c8cccc9ccccc89)cc7)ccc6c45)n3)cc2)cc1. The lowest BCUT2D eigenvalue weighted by molar-refractivity contribution is 0.669. The van der Waals surface area contributed by atoms with Crippen molar-refractivity contribution in [3.05, 3.63) is 194 Å². The van der Waals surface area contributed by atoms with E-state index in [0.29, 0.717) is 5.82 Å². The Balaban J connectivity index is 1.05. The zero-order chi connectivity index (χ0) is 35.1. The Labute approximate surface area is 307 Å². The Morgan fingerprint density at radius 2 is 0.849 bits per heavy atom. The summed E-state index contributed by atoms with van der Waals surface area (Å²) in [7, 11) is 0. The summed E-state index contributed by atoms with van der Waals surface area (Å²) in [4.78, 5) is 10.4. The standard InChI is InChI=1S/C50H32N2O/c1-3-11-33(12-4-1)34-23-27-39(28-24-34)46-32-45(38-14-5-2-6-15-38)51-50(52-46)44-19-10-20-47-49(44)43-30-29-40(31-48(43)53-47)35-21-25-37(26-22-35)42-18-9-16-36-13-7-8-17-41(36)42/h1-32H. The third kappa shape index (κ3) is 5.65. The van der Waals surface area contributed by atoms with Crippen LogP contribution < -0.4 is 0 Å². The fourth-order valence-corrected chi connectivity index (χ4v) is 7.45. The number of benzene rings is 8. The summed E-state index contributed by atoms with van der Waals surface area (Å²) in [6.07, 6.45) is 0. The topological polar surface area (TPSA) is 38.9 Å².